The molecule has 0 aromatic carbocycles. The standard InChI is InChI=1S/C9H16O3/c1-3-4-8(10)6-5-7(2)9(11)12/h8,10H,2-6H2,1H3,(H,11,12). The van der Waals surface area contributed by atoms with Gasteiger partial charge in [-0.2, -0.15) is 0 Å². The maximum Gasteiger partial charge on any atom is 0.330 e. The van der Waals surface area contributed by atoms with Gasteiger partial charge in [0.2, 0.25) is 0 Å². The number of hydrogen-bond acceptors (Lipinski definition) is 2. The minimum Gasteiger partial charge on any atom is -0.478 e. The van der Waals surface area contributed by atoms with E-state index < -0.39 is 5.97 Å². The highest BCUT2D eigenvalue weighted by molar-refractivity contribution is 5.85. The Morgan fingerprint density at radius 1 is 1.50 bits per heavy atom. The third kappa shape index (κ3) is 4.91. The van der Waals surface area contributed by atoms with Gasteiger partial charge < -0.3 is 10.2 Å². The Labute approximate surface area is 72.7 Å². The van der Waals surface area contributed by atoms with Gasteiger partial charge in [0.15, 0.2) is 0 Å². The average molecular weight is 172 g/mol. The number of carboxylic acid groups (broad SMARTS) is 1. The maximum atomic E-state index is 10.3. The van der Waals surface area contributed by atoms with Crippen LogP contribution in [0.2, 0.25) is 0 Å². The Hall–Kier alpha value is -0.830. The van der Waals surface area contributed by atoms with E-state index in [1.165, 1.54) is 0 Å². The van der Waals surface area contributed by atoms with Gasteiger partial charge in [-0.05, 0) is 19.3 Å². The molecule has 3 nitrogen and oxygen atoms in total. The molecular weight excluding hydrogens is 156 g/mol. The number of carbonyl (C=O) groups is 1. The van der Waals surface area contributed by atoms with Crippen LogP contribution in [0.3, 0.4) is 0 Å². The first-order valence-electron chi connectivity index (χ1n) is 4.17. The summed E-state index contributed by atoms with van der Waals surface area (Å²) in [4.78, 5) is 10.3. The molecule has 0 aliphatic carbocycles. The molecule has 0 rings (SSSR count). The van der Waals surface area contributed by atoms with Gasteiger partial charge in [0.25, 0.3) is 0 Å². The molecule has 3 heteroatoms. The molecule has 1 unspecified atom stereocenters. The summed E-state index contributed by atoms with van der Waals surface area (Å²) in [5, 5.41) is 17.7. The molecule has 0 heterocycles. The van der Waals surface area contributed by atoms with Gasteiger partial charge in [-0.3, -0.25) is 0 Å². The molecule has 0 aromatic heterocycles. The molecule has 0 spiro atoms. The summed E-state index contributed by atoms with van der Waals surface area (Å²) in [7, 11) is 0. The molecule has 0 aliphatic heterocycles. The SMILES string of the molecule is C=C(CCC(O)CCC)C(=O)O. The van der Waals surface area contributed by atoms with E-state index in [9.17, 15) is 9.90 Å². The number of aliphatic hydroxyl groups is 1. The maximum absolute atomic E-state index is 10.3. The molecule has 12 heavy (non-hydrogen) atoms. The largest absolute Gasteiger partial charge is 0.478 e. The second-order valence-electron chi connectivity index (χ2n) is 2.89. The van der Waals surface area contributed by atoms with Crippen LogP contribution < -0.4 is 0 Å². The van der Waals surface area contributed by atoms with Crippen molar-refractivity contribution >= 4 is 5.97 Å². The van der Waals surface area contributed by atoms with E-state index in [-0.39, 0.29) is 11.7 Å². The van der Waals surface area contributed by atoms with Crippen molar-refractivity contribution in [3.05, 3.63) is 12.2 Å². The van der Waals surface area contributed by atoms with Gasteiger partial charge >= 0.3 is 5.97 Å². The fraction of sp³-hybridized carbons (Fsp3) is 0.667. The average Bonchev–Trinajstić information content (AvgIpc) is 2.00. The number of hydrogen-bond donors (Lipinski definition) is 2. The van der Waals surface area contributed by atoms with Gasteiger partial charge in [-0.1, -0.05) is 19.9 Å². The summed E-state index contributed by atoms with van der Waals surface area (Å²) >= 11 is 0. The van der Waals surface area contributed by atoms with Crippen molar-refractivity contribution < 1.29 is 15.0 Å². The number of rotatable bonds is 6. The van der Waals surface area contributed by atoms with Crippen molar-refractivity contribution in [1.82, 2.24) is 0 Å². The fourth-order valence-corrected chi connectivity index (χ4v) is 0.925. The monoisotopic (exact) mass is 172 g/mol. The smallest absolute Gasteiger partial charge is 0.330 e. The van der Waals surface area contributed by atoms with Crippen LogP contribution in [0.25, 0.3) is 0 Å². The molecule has 2 N–H and O–H groups in total. The van der Waals surface area contributed by atoms with Crippen LogP contribution in [-0.2, 0) is 4.79 Å². The Morgan fingerprint density at radius 2 is 2.08 bits per heavy atom. The third-order valence-electron chi connectivity index (χ3n) is 1.70. The van der Waals surface area contributed by atoms with E-state index in [0.717, 1.165) is 12.8 Å². The first kappa shape index (κ1) is 11.2. The summed E-state index contributed by atoms with van der Waals surface area (Å²) in [6.07, 6.45) is 2.13. The van der Waals surface area contributed by atoms with Crippen LogP contribution in [0.5, 0.6) is 0 Å². The van der Waals surface area contributed by atoms with E-state index in [2.05, 4.69) is 6.58 Å². The lowest BCUT2D eigenvalue weighted by atomic mass is 10.1. The summed E-state index contributed by atoms with van der Waals surface area (Å²) in [6.45, 7) is 5.36. The lowest BCUT2D eigenvalue weighted by Crippen LogP contribution is -2.08. The first-order valence-corrected chi connectivity index (χ1v) is 4.17. The van der Waals surface area contributed by atoms with Crippen LogP contribution in [0, 0.1) is 0 Å². The highest BCUT2D eigenvalue weighted by Crippen LogP contribution is 2.09. The van der Waals surface area contributed by atoms with Crippen molar-refractivity contribution in [1.29, 1.82) is 0 Å². The van der Waals surface area contributed by atoms with Crippen molar-refractivity contribution in [2.75, 3.05) is 0 Å². The fourth-order valence-electron chi connectivity index (χ4n) is 0.925. The van der Waals surface area contributed by atoms with E-state index in [1.54, 1.807) is 0 Å². The zero-order valence-corrected chi connectivity index (χ0v) is 7.42. The van der Waals surface area contributed by atoms with Crippen molar-refractivity contribution in [3.63, 3.8) is 0 Å². The summed E-state index contributed by atoms with van der Waals surface area (Å²) in [5.74, 6) is -0.973. The highest BCUT2D eigenvalue weighted by Gasteiger charge is 2.07. The van der Waals surface area contributed by atoms with Crippen molar-refractivity contribution in [3.8, 4) is 0 Å². The second-order valence-corrected chi connectivity index (χ2v) is 2.89. The Kier molecular flexibility index (Phi) is 5.37. The predicted octanol–water partition coefficient (Wildman–Crippen LogP) is 1.57. The zero-order chi connectivity index (χ0) is 9.56. The van der Waals surface area contributed by atoms with Gasteiger partial charge in [0.1, 0.15) is 0 Å². The van der Waals surface area contributed by atoms with E-state index >= 15 is 0 Å². The molecule has 1 atom stereocenters. The third-order valence-corrected chi connectivity index (χ3v) is 1.70. The van der Waals surface area contributed by atoms with Crippen molar-refractivity contribution in [2.24, 2.45) is 0 Å². The number of carboxylic acids is 1. The van der Waals surface area contributed by atoms with Crippen molar-refractivity contribution in [2.45, 2.75) is 38.7 Å². The second kappa shape index (κ2) is 5.77. The number of aliphatic hydroxyl groups excluding tert-OH is 1. The van der Waals surface area contributed by atoms with E-state index in [0.29, 0.717) is 12.8 Å². The molecule has 0 fully saturated rings. The Balaban J connectivity index is 3.54. The molecule has 0 amide bonds. The van der Waals surface area contributed by atoms with Crippen LogP contribution in [0.15, 0.2) is 12.2 Å². The predicted molar refractivity (Wildman–Crippen MR) is 46.9 cm³/mol. The molecule has 0 saturated heterocycles. The van der Waals surface area contributed by atoms with Crippen LogP contribution in [0.1, 0.15) is 32.6 Å². The zero-order valence-electron chi connectivity index (χ0n) is 7.42. The van der Waals surface area contributed by atoms with Crippen LogP contribution in [-0.4, -0.2) is 22.3 Å². The van der Waals surface area contributed by atoms with Crippen LogP contribution in [0.4, 0.5) is 0 Å². The Bertz CT molecular complexity index is 163. The minimum atomic E-state index is -0.973. The molecule has 0 radical (unpaired) electrons. The van der Waals surface area contributed by atoms with Gasteiger partial charge in [-0.25, -0.2) is 4.79 Å². The van der Waals surface area contributed by atoms with E-state index in [1.807, 2.05) is 6.92 Å². The quantitative estimate of drug-likeness (QED) is 0.598. The molecule has 70 valence electrons. The first-order chi connectivity index (χ1) is 5.57. The summed E-state index contributed by atoms with van der Waals surface area (Å²) in [6, 6.07) is 0. The minimum absolute atomic E-state index is 0.171. The van der Waals surface area contributed by atoms with Crippen LogP contribution >= 0.6 is 0 Å². The van der Waals surface area contributed by atoms with E-state index in [4.69, 9.17) is 5.11 Å². The van der Waals surface area contributed by atoms with Gasteiger partial charge in [0.05, 0.1) is 6.10 Å². The van der Waals surface area contributed by atoms with Gasteiger partial charge in [0, 0.05) is 5.57 Å². The molecule has 0 aromatic rings. The summed E-state index contributed by atoms with van der Waals surface area (Å²) < 4.78 is 0. The highest BCUT2D eigenvalue weighted by atomic mass is 16.4. The molecular formula is C9H16O3. The van der Waals surface area contributed by atoms with Gasteiger partial charge in [-0.15, -0.1) is 0 Å². The lowest BCUT2D eigenvalue weighted by molar-refractivity contribution is -0.132. The Morgan fingerprint density at radius 3 is 2.50 bits per heavy atom. The topological polar surface area (TPSA) is 57.5 Å². The molecule has 0 saturated carbocycles. The lowest BCUT2D eigenvalue weighted by Gasteiger charge is -2.07. The summed E-state index contributed by atoms with van der Waals surface area (Å²) in [5.41, 5.74) is 0.171. The molecule has 0 bridgehead atoms. The molecule has 0 aliphatic rings. The number of aliphatic carboxylic acids is 1. The normalized spacial score (nSPS) is 12.5.